The molecule has 4 heteroatoms. The van der Waals surface area contributed by atoms with Gasteiger partial charge in [-0.2, -0.15) is 0 Å². The number of nitrogens with zero attached hydrogens (tertiary/aromatic N) is 3. The zero-order valence-electron chi connectivity index (χ0n) is 13.4. The van der Waals surface area contributed by atoms with Crippen LogP contribution in [0.15, 0.2) is 6.33 Å². The van der Waals surface area contributed by atoms with Gasteiger partial charge in [-0.25, -0.2) is 9.97 Å². The molecule has 116 valence electrons. The summed E-state index contributed by atoms with van der Waals surface area (Å²) in [5.74, 6) is 3.10. The molecule has 0 unspecified atom stereocenters. The number of rotatable bonds is 4. The fourth-order valence-corrected chi connectivity index (χ4v) is 4.23. The van der Waals surface area contributed by atoms with E-state index in [9.17, 15) is 0 Å². The molecule has 1 N–H and O–H groups in total. The average molecular weight is 288 g/mol. The maximum absolute atomic E-state index is 4.70. The van der Waals surface area contributed by atoms with Gasteiger partial charge >= 0.3 is 0 Å². The molecule has 2 atom stereocenters. The minimum Gasteiger partial charge on any atom is -0.373 e. The van der Waals surface area contributed by atoms with Crippen molar-refractivity contribution in [3.8, 4) is 0 Å². The molecule has 1 aliphatic heterocycles. The molecule has 1 aromatic heterocycles. The Bertz CT molecular complexity index is 472. The second-order valence-electron chi connectivity index (χ2n) is 6.47. The number of hydrogen-bond acceptors (Lipinski definition) is 4. The van der Waals surface area contributed by atoms with Gasteiger partial charge in [0.05, 0.1) is 0 Å². The van der Waals surface area contributed by atoms with Crippen LogP contribution >= 0.6 is 0 Å². The molecule has 1 saturated carbocycles. The van der Waals surface area contributed by atoms with Gasteiger partial charge in [0.1, 0.15) is 18.0 Å². The van der Waals surface area contributed by atoms with E-state index in [2.05, 4.69) is 22.1 Å². The zero-order valence-corrected chi connectivity index (χ0v) is 13.4. The van der Waals surface area contributed by atoms with Gasteiger partial charge in [0.15, 0.2) is 0 Å². The lowest BCUT2D eigenvalue weighted by Crippen LogP contribution is -2.47. The van der Waals surface area contributed by atoms with Crippen LogP contribution in [0.4, 0.5) is 11.6 Å². The normalized spacial score (nSPS) is 25.5. The maximum Gasteiger partial charge on any atom is 0.137 e. The van der Waals surface area contributed by atoms with Crippen molar-refractivity contribution >= 4 is 11.6 Å². The SMILES string of the molecule is CCCc1c(NC)ncnc1N1CCC[C@H]2CCCC[C@H]21. The highest BCUT2D eigenvalue weighted by molar-refractivity contribution is 5.59. The van der Waals surface area contributed by atoms with Crippen LogP contribution in [0.5, 0.6) is 0 Å². The van der Waals surface area contributed by atoms with E-state index in [0.717, 1.165) is 31.1 Å². The van der Waals surface area contributed by atoms with Gasteiger partial charge in [0.2, 0.25) is 0 Å². The topological polar surface area (TPSA) is 41.1 Å². The lowest BCUT2D eigenvalue weighted by atomic mass is 9.78. The number of hydrogen-bond donors (Lipinski definition) is 1. The summed E-state index contributed by atoms with van der Waals surface area (Å²) in [6.07, 6.45) is 12.2. The summed E-state index contributed by atoms with van der Waals surface area (Å²) >= 11 is 0. The van der Waals surface area contributed by atoms with Gasteiger partial charge in [0.25, 0.3) is 0 Å². The van der Waals surface area contributed by atoms with Crippen molar-refractivity contribution in [3.05, 3.63) is 11.9 Å². The van der Waals surface area contributed by atoms with Gasteiger partial charge in [-0.3, -0.25) is 0 Å². The van der Waals surface area contributed by atoms with E-state index in [1.807, 2.05) is 7.05 Å². The van der Waals surface area contributed by atoms with E-state index in [-0.39, 0.29) is 0 Å². The molecule has 0 radical (unpaired) electrons. The molecule has 2 fully saturated rings. The predicted octanol–water partition coefficient (Wildman–Crippen LogP) is 3.63. The summed E-state index contributed by atoms with van der Waals surface area (Å²) in [4.78, 5) is 11.7. The molecule has 1 aliphatic carbocycles. The molecule has 0 amide bonds. The quantitative estimate of drug-likeness (QED) is 0.918. The highest BCUT2D eigenvalue weighted by Gasteiger charge is 2.35. The van der Waals surface area contributed by atoms with Gasteiger partial charge in [-0.15, -0.1) is 0 Å². The Labute approximate surface area is 128 Å². The van der Waals surface area contributed by atoms with E-state index >= 15 is 0 Å². The minimum absolute atomic E-state index is 0.711. The lowest BCUT2D eigenvalue weighted by molar-refractivity contribution is 0.242. The van der Waals surface area contributed by atoms with Crippen LogP contribution in [0.2, 0.25) is 0 Å². The van der Waals surface area contributed by atoms with Crippen molar-refractivity contribution < 1.29 is 0 Å². The van der Waals surface area contributed by atoms with Crippen molar-refractivity contribution in [2.24, 2.45) is 5.92 Å². The third-order valence-corrected chi connectivity index (χ3v) is 5.17. The van der Waals surface area contributed by atoms with Crippen molar-refractivity contribution in [3.63, 3.8) is 0 Å². The number of anilines is 2. The van der Waals surface area contributed by atoms with E-state index in [0.29, 0.717) is 6.04 Å². The van der Waals surface area contributed by atoms with Crippen LogP contribution in [0.25, 0.3) is 0 Å². The van der Waals surface area contributed by atoms with Gasteiger partial charge in [0, 0.05) is 25.2 Å². The number of nitrogens with one attached hydrogen (secondary N) is 1. The second kappa shape index (κ2) is 6.63. The first-order chi connectivity index (χ1) is 10.3. The smallest absolute Gasteiger partial charge is 0.137 e. The van der Waals surface area contributed by atoms with Gasteiger partial charge < -0.3 is 10.2 Å². The zero-order chi connectivity index (χ0) is 14.7. The van der Waals surface area contributed by atoms with Crippen LogP contribution in [0, 0.1) is 5.92 Å². The molecule has 3 rings (SSSR count). The Morgan fingerprint density at radius 1 is 1.19 bits per heavy atom. The summed E-state index contributed by atoms with van der Waals surface area (Å²) in [7, 11) is 1.96. The predicted molar refractivity (Wildman–Crippen MR) is 87.9 cm³/mol. The van der Waals surface area contributed by atoms with Crippen LogP contribution in [0.1, 0.15) is 57.4 Å². The van der Waals surface area contributed by atoms with E-state index in [1.54, 1.807) is 6.33 Å². The Kier molecular flexibility index (Phi) is 4.61. The van der Waals surface area contributed by atoms with Crippen molar-refractivity contribution in [2.75, 3.05) is 23.8 Å². The van der Waals surface area contributed by atoms with Gasteiger partial charge in [-0.1, -0.05) is 26.2 Å². The molecular formula is C17H28N4. The second-order valence-corrected chi connectivity index (χ2v) is 6.47. The van der Waals surface area contributed by atoms with Crippen LogP contribution in [0.3, 0.4) is 0 Å². The Hall–Kier alpha value is -1.32. The third-order valence-electron chi connectivity index (χ3n) is 5.17. The fraction of sp³-hybridized carbons (Fsp3) is 0.765. The van der Waals surface area contributed by atoms with E-state index < -0.39 is 0 Å². The number of fused-ring (bicyclic) bond motifs is 1. The Morgan fingerprint density at radius 3 is 2.81 bits per heavy atom. The summed E-state index contributed by atoms with van der Waals surface area (Å²) < 4.78 is 0. The molecule has 0 bridgehead atoms. The minimum atomic E-state index is 0.711. The molecule has 4 nitrogen and oxygen atoms in total. The summed E-state index contributed by atoms with van der Waals surface area (Å²) in [5.41, 5.74) is 1.31. The van der Waals surface area contributed by atoms with Crippen LogP contribution < -0.4 is 10.2 Å². The Morgan fingerprint density at radius 2 is 2.00 bits per heavy atom. The van der Waals surface area contributed by atoms with E-state index in [4.69, 9.17) is 4.98 Å². The maximum atomic E-state index is 4.70. The highest BCUT2D eigenvalue weighted by atomic mass is 15.2. The first-order valence-corrected chi connectivity index (χ1v) is 8.63. The first kappa shape index (κ1) is 14.6. The first-order valence-electron chi connectivity index (χ1n) is 8.63. The highest BCUT2D eigenvalue weighted by Crippen LogP contribution is 2.39. The molecule has 0 aromatic carbocycles. The van der Waals surface area contributed by atoms with Crippen molar-refractivity contribution in [1.29, 1.82) is 0 Å². The Balaban J connectivity index is 1.94. The van der Waals surface area contributed by atoms with Crippen molar-refractivity contribution in [1.82, 2.24) is 9.97 Å². The molecule has 21 heavy (non-hydrogen) atoms. The average Bonchev–Trinajstić information content (AvgIpc) is 2.55. The fourth-order valence-electron chi connectivity index (χ4n) is 4.23. The monoisotopic (exact) mass is 288 g/mol. The standard InChI is InChI=1S/C17H28N4/c1-3-7-14-16(18-2)19-12-20-17(14)21-11-6-9-13-8-4-5-10-15(13)21/h12-13,15H,3-11H2,1-2H3,(H,18,19,20)/t13-,15-/m1/s1. The summed E-state index contributed by atoms with van der Waals surface area (Å²) in [6, 6.07) is 0.711. The largest absolute Gasteiger partial charge is 0.373 e. The summed E-state index contributed by atoms with van der Waals surface area (Å²) in [6.45, 7) is 3.40. The van der Waals surface area contributed by atoms with E-state index in [1.165, 1.54) is 49.9 Å². The van der Waals surface area contributed by atoms with Crippen LogP contribution in [-0.2, 0) is 6.42 Å². The molecule has 2 heterocycles. The summed E-state index contributed by atoms with van der Waals surface area (Å²) in [5, 5.41) is 3.25. The number of aromatic nitrogens is 2. The lowest BCUT2D eigenvalue weighted by Gasteiger charge is -2.45. The molecule has 1 aromatic rings. The van der Waals surface area contributed by atoms with Gasteiger partial charge in [-0.05, 0) is 38.0 Å². The van der Waals surface area contributed by atoms with Crippen LogP contribution in [-0.4, -0.2) is 29.6 Å². The molecule has 0 spiro atoms. The molecule has 2 aliphatic rings. The molecule has 1 saturated heterocycles. The third kappa shape index (κ3) is 2.85. The van der Waals surface area contributed by atoms with Crippen molar-refractivity contribution in [2.45, 2.75) is 64.3 Å². The molecular weight excluding hydrogens is 260 g/mol. The number of piperidine rings is 1.